The van der Waals surface area contributed by atoms with Crippen molar-refractivity contribution in [1.82, 2.24) is 4.98 Å². The van der Waals surface area contributed by atoms with E-state index in [0.29, 0.717) is 10.6 Å². The van der Waals surface area contributed by atoms with Gasteiger partial charge in [0.05, 0.1) is 10.6 Å². The summed E-state index contributed by atoms with van der Waals surface area (Å²) in [6.07, 6.45) is 3.47. The Hall–Kier alpha value is -2.27. The molecule has 2 amide bonds. The van der Waals surface area contributed by atoms with E-state index in [0.717, 1.165) is 23.0 Å². The van der Waals surface area contributed by atoms with Gasteiger partial charge in [0.1, 0.15) is 0 Å². The molecule has 0 radical (unpaired) electrons. The summed E-state index contributed by atoms with van der Waals surface area (Å²) in [4.78, 5) is 29.1. The predicted octanol–water partition coefficient (Wildman–Crippen LogP) is 3.56. The maximum Gasteiger partial charge on any atom is 0.298 e. The minimum Gasteiger partial charge on any atom is -0.362 e. The van der Waals surface area contributed by atoms with Crippen molar-refractivity contribution in [3.63, 3.8) is 0 Å². The fourth-order valence-corrected chi connectivity index (χ4v) is 2.89. The van der Waals surface area contributed by atoms with E-state index < -0.39 is 0 Å². The Morgan fingerprint density at radius 3 is 2.65 bits per heavy atom. The Balaban J connectivity index is 1.98. The highest BCUT2D eigenvalue weighted by Crippen LogP contribution is 2.36. The number of carbonyl (C=O) groups is 2. The second-order valence-electron chi connectivity index (χ2n) is 4.43. The van der Waals surface area contributed by atoms with Gasteiger partial charge < -0.3 is 4.98 Å². The molecule has 2 heterocycles. The molecule has 1 aromatic carbocycles. The molecule has 2 aromatic rings. The molecule has 20 heavy (non-hydrogen) atoms. The lowest BCUT2D eigenvalue weighted by Crippen LogP contribution is -2.28. The lowest BCUT2D eigenvalue weighted by Gasteiger charge is -2.14. The summed E-state index contributed by atoms with van der Waals surface area (Å²) in [5.41, 5.74) is 2.35. The van der Waals surface area contributed by atoms with Crippen LogP contribution in [0.25, 0.3) is 6.08 Å². The van der Waals surface area contributed by atoms with Gasteiger partial charge in [-0.1, -0.05) is 18.2 Å². The number of nitrogens with one attached hydrogen (secondary N) is 1. The number of aromatic amines is 1. The first kappa shape index (κ1) is 12.7. The molecule has 1 fully saturated rings. The van der Waals surface area contributed by atoms with Gasteiger partial charge in [-0.05, 0) is 48.5 Å². The fraction of sp³-hybridized carbons (Fsp3) is 0.0667. The third kappa shape index (κ3) is 2.16. The van der Waals surface area contributed by atoms with Crippen LogP contribution in [-0.4, -0.2) is 16.1 Å². The third-order valence-corrected chi connectivity index (χ3v) is 3.93. The summed E-state index contributed by atoms with van der Waals surface area (Å²) in [5, 5.41) is -0.262. The molecule has 1 aromatic heterocycles. The van der Waals surface area contributed by atoms with E-state index in [4.69, 9.17) is 0 Å². The summed E-state index contributed by atoms with van der Waals surface area (Å²) in [7, 11) is 0. The maximum atomic E-state index is 12.4. The molecular weight excluding hydrogens is 272 g/mol. The highest BCUT2D eigenvalue weighted by Gasteiger charge is 2.36. The van der Waals surface area contributed by atoms with E-state index in [1.54, 1.807) is 18.3 Å². The molecule has 4 nitrogen and oxygen atoms in total. The summed E-state index contributed by atoms with van der Waals surface area (Å²) < 4.78 is 0. The number of hydrogen-bond donors (Lipinski definition) is 1. The molecule has 1 saturated heterocycles. The normalized spacial score (nSPS) is 17.2. The van der Waals surface area contributed by atoms with Gasteiger partial charge >= 0.3 is 0 Å². The van der Waals surface area contributed by atoms with Gasteiger partial charge in [-0.25, -0.2) is 4.90 Å². The van der Waals surface area contributed by atoms with Crippen molar-refractivity contribution in [3.8, 4) is 0 Å². The van der Waals surface area contributed by atoms with Crippen LogP contribution in [0.3, 0.4) is 0 Å². The highest BCUT2D eigenvalue weighted by molar-refractivity contribution is 8.19. The number of nitrogens with zero attached hydrogens (tertiary/aromatic N) is 1. The lowest BCUT2D eigenvalue weighted by atomic mass is 10.2. The maximum absolute atomic E-state index is 12.4. The van der Waals surface area contributed by atoms with Crippen molar-refractivity contribution in [2.24, 2.45) is 0 Å². The summed E-state index contributed by atoms with van der Waals surface area (Å²) in [6, 6.07) is 11.1. The number of carbonyl (C=O) groups excluding carboxylic acids is 2. The zero-order valence-corrected chi connectivity index (χ0v) is 11.6. The molecule has 0 bridgehead atoms. The summed E-state index contributed by atoms with van der Waals surface area (Å²) >= 11 is 0.962. The number of amides is 2. The smallest absolute Gasteiger partial charge is 0.298 e. The quantitative estimate of drug-likeness (QED) is 0.858. The van der Waals surface area contributed by atoms with Gasteiger partial charge in [-0.2, -0.15) is 0 Å². The number of H-pyrrole nitrogens is 1. The van der Waals surface area contributed by atoms with Gasteiger partial charge in [0.15, 0.2) is 0 Å². The number of hydrogen-bond acceptors (Lipinski definition) is 3. The van der Waals surface area contributed by atoms with Gasteiger partial charge in [0, 0.05) is 11.9 Å². The first-order valence-corrected chi connectivity index (χ1v) is 6.95. The Morgan fingerprint density at radius 1 is 1.15 bits per heavy atom. The fourth-order valence-electron chi connectivity index (χ4n) is 2.06. The molecule has 0 atom stereocenters. The number of aryl methyl sites for hydroxylation is 1. The van der Waals surface area contributed by atoms with Gasteiger partial charge in [0.25, 0.3) is 11.1 Å². The van der Waals surface area contributed by atoms with Crippen LogP contribution in [0.15, 0.2) is 47.5 Å². The van der Waals surface area contributed by atoms with Crippen molar-refractivity contribution < 1.29 is 9.59 Å². The average molecular weight is 284 g/mol. The van der Waals surface area contributed by atoms with E-state index in [9.17, 15) is 9.59 Å². The molecule has 3 rings (SSSR count). The van der Waals surface area contributed by atoms with Crippen LogP contribution in [0.5, 0.6) is 0 Å². The molecule has 0 spiro atoms. The Morgan fingerprint density at radius 2 is 1.95 bits per heavy atom. The van der Waals surface area contributed by atoms with E-state index in [1.165, 1.54) is 4.90 Å². The van der Waals surface area contributed by atoms with Crippen molar-refractivity contribution in [1.29, 1.82) is 0 Å². The van der Waals surface area contributed by atoms with E-state index in [2.05, 4.69) is 4.98 Å². The van der Waals surface area contributed by atoms with E-state index in [-0.39, 0.29) is 11.1 Å². The van der Waals surface area contributed by atoms with Crippen LogP contribution in [0.1, 0.15) is 11.3 Å². The standard InChI is InChI=1S/C15H12N2O2S/c1-10-5-2-3-7-12(10)17-14(18)13(20-15(17)19)9-11-6-4-8-16-11/h2-9,16H,1H3/b13-9+. The Labute approximate surface area is 120 Å². The molecule has 1 aliphatic heterocycles. The van der Waals surface area contributed by atoms with Crippen LogP contribution in [0, 0.1) is 6.92 Å². The second kappa shape index (κ2) is 5.02. The zero-order chi connectivity index (χ0) is 14.1. The average Bonchev–Trinajstić information content (AvgIpc) is 3.01. The number of imide groups is 1. The number of benzene rings is 1. The largest absolute Gasteiger partial charge is 0.362 e. The molecule has 0 unspecified atom stereocenters. The van der Waals surface area contributed by atoms with Crippen molar-refractivity contribution in [2.75, 3.05) is 4.90 Å². The number of para-hydroxylation sites is 1. The highest BCUT2D eigenvalue weighted by atomic mass is 32.2. The molecule has 100 valence electrons. The lowest BCUT2D eigenvalue weighted by molar-refractivity contribution is -0.113. The van der Waals surface area contributed by atoms with Crippen LogP contribution in [0.2, 0.25) is 0 Å². The van der Waals surface area contributed by atoms with Crippen molar-refractivity contribution >= 4 is 34.7 Å². The van der Waals surface area contributed by atoms with E-state index >= 15 is 0 Å². The van der Waals surface area contributed by atoms with Crippen molar-refractivity contribution in [3.05, 3.63) is 58.8 Å². The monoisotopic (exact) mass is 284 g/mol. The number of aromatic nitrogens is 1. The zero-order valence-electron chi connectivity index (χ0n) is 10.8. The molecular formula is C15H12N2O2S. The minimum atomic E-state index is -0.274. The first-order chi connectivity index (χ1) is 9.66. The first-order valence-electron chi connectivity index (χ1n) is 6.14. The second-order valence-corrected chi connectivity index (χ2v) is 5.42. The number of rotatable bonds is 2. The molecule has 5 heteroatoms. The Bertz CT molecular complexity index is 704. The molecule has 0 aliphatic carbocycles. The molecule has 1 aliphatic rings. The van der Waals surface area contributed by atoms with Crippen LogP contribution < -0.4 is 4.90 Å². The van der Waals surface area contributed by atoms with Crippen molar-refractivity contribution in [2.45, 2.75) is 6.92 Å². The summed E-state index contributed by atoms with van der Waals surface area (Å²) in [5.74, 6) is -0.274. The van der Waals surface area contributed by atoms with Gasteiger partial charge in [-0.15, -0.1) is 0 Å². The summed E-state index contributed by atoms with van der Waals surface area (Å²) in [6.45, 7) is 1.88. The minimum absolute atomic E-state index is 0.262. The number of thioether (sulfide) groups is 1. The van der Waals surface area contributed by atoms with Gasteiger partial charge in [-0.3, -0.25) is 9.59 Å². The van der Waals surface area contributed by atoms with Crippen LogP contribution >= 0.6 is 11.8 Å². The molecule has 0 saturated carbocycles. The number of anilines is 1. The molecule has 1 N–H and O–H groups in total. The predicted molar refractivity (Wildman–Crippen MR) is 80.4 cm³/mol. The van der Waals surface area contributed by atoms with Crippen LogP contribution in [0.4, 0.5) is 10.5 Å². The SMILES string of the molecule is Cc1ccccc1N1C(=O)S/C(=C/c2ccc[nH]2)C1=O. The Kier molecular flexibility index (Phi) is 3.20. The third-order valence-electron chi connectivity index (χ3n) is 3.06. The van der Waals surface area contributed by atoms with E-state index in [1.807, 2.05) is 37.3 Å². The topological polar surface area (TPSA) is 53.2 Å². The van der Waals surface area contributed by atoms with Crippen LogP contribution in [-0.2, 0) is 4.79 Å². The van der Waals surface area contributed by atoms with Gasteiger partial charge in [0.2, 0.25) is 0 Å².